The van der Waals surface area contributed by atoms with Crippen LogP contribution in [0.25, 0.3) is 11.5 Å². The molecule has 0 atom stereocenters. The number of pyridine rings is 1. The Labute approximate surface area is 155 Å². The minimum atomic E-state index is -0.600. The SMILES string of the molecule is O=C(CSc1nnc(-c2cccnc2)o1)Nc1cc(Cl)ccc1[N+](=O)[O-]. The number of rotatable bonds is 6. The summed E-state index contributed by atoms with van der Waals surface area (Å²) in [6.45, 7) is 0. The summed E-state index contributed by atoms with van der Waals surface area (Å²) in [4.78, 5) is 26.4. The molecule has 26 heavy (non-hydrogen) atoms. The monoisotopic (exact) mass is 391 g/mol. The molecule has 3 aromatic rings. The summed E-state index contributed by atoms with van der Waals surface area (Å²) in [6.07, 6.45) is 3.20. The summed E-state index contributed by atoms with van der Waals surface area (Å²) in [5.41, 5.74) is 0.435. The van der Waals surface area contributed by atoms with Gasteiger partial charge in [0.05, 0.1) is 16.2 Å². The summed E-state index contributed by atoms with van der Waals surface area (Å²) < 4.78 is 5.44. The molecule has 0 fully saturated rings. The van der Waals surface area contributed by atoms with Crippen molar-refractivity contribution in [3.8, 4) is 11.5 Å². The Morgan fingerprint density at radius 1 is 1.35 bits per heavy atom. The Morgan fingerprint density at radius 2 is 2.19 bits per heavy atom. The number of nitro groups is 1. The lowest BCUT2D eigenvalue weighted by Crippen LogP contribution is -2.15. The van der Waals surface area contributed by atoms with Crippen molar-refractivity contribution in [1.29, 1.82) is 0 Å². The van der Waals surface area contributed by atoms with E-state index in [0.29, 0.717) is 5.56 Å². The highest BCUT2D eigenvalue weighted by Gasteiger charge is 2.17. The molecule has 0 aliphatic carbocycles. The van der Waals surface area contributed by atoms with Crippen molar-refractivity contribution < 1.29 is 14.1 Å². The fraction of sp³-hybridized carbons (Fsp3) is 0.0667. The molecule has 11 heteroatoms. The normalized spacial score (nSPS) is 10.5. The number of halogens is 1. The van der Waals surface area contributed by atoms with Crippen molar-refractivity contribution in [3.05, 3.63) is 57.9 Å². The number of carbonyl (C=O) groups excluding carboxylic acids is 1. The first-order valence-corrected chi connectivity index (χ1v) is 8.50. The zero-order valence-corrected chi connectivity index (χ0v) is 14.5. The third kappa shape index (κ3) is 4.35. The lowest BCUT2D eigenvalue weighted by molar-refractivity contribution is -0.383. The summed E-state index contributed by atoms with van der Waals surface area (Å²) in [7, 11) is 0. The van der Waals surface area contributed by atoms with E-state index in [1.807, 2.05) is 0 Å². The van der Waals surface area contributed by atoms with Crippen LogP contribution in [-0.4, -0.2) is 31.8 Å². The molecule has 0 spiro atoms. The molecule has 2 heterocycles. The fourth-order valence-electron chi connectivity index (χ4n) is 1.96. The number of nitrogens with one attached hydrogen (secondary N) is 1. The lowest BCUT2D eigenvalue weighted by atomic mass is 10.2. The molecule has 3 rings (SSSR count). The van der Waals surface area contributed by atoms with Crippen molar-refractivity contribution in [3.63, 3.8) is 0 Å². The van der Waals surface area contributed by atoms with Crippen molar-refractivity contribution in [2.75, 3.05) is 11.1 Å². The predicted octanol–water partition coefficient (Wildman–Crippen LogP) is 3.42. The zero-order valence-electron chi connectivity index (χ0n) is 13.0. The highest BCUT2D eigenvalue weighted by atomic mass is 35.5. The zero-order chi connectivity index (χ0) is 18.5. The van der Waals surface area contributed by atoms with Gasteiger partial charge in [-0.1, -0.05) is 23.4 Å². The summed E-state index contributed by atoms with van der Waals surface area (Å²) in [5.74, 6) is -0.258. The molecule has 0 bridgehead atoms. The summed E-state index contributed by atoms with van der Waals surface area (Å²) >= 11 is 6.83. The predicted molar refractivity (Wildman–Crippen MR) is 95.0 cm³/mol. The highest BCUT2D eigenvalue weighted by molar-refractivity contribution is 7.99. The van der Waals surface area contributed by atoms with Gasteiger partial charge in [0.1, 0.15) is 5.69 Å². The number of thioether (sulfide) groups is 1. The van der Waals surface area contributed by atoms with Gasteiger partial charge in [0, 0.05) is 23.5 Å². The molecule has 132 valence electrons. The van der Waals surface area contributed by atoms with Gasteiger partial charge in [-0.15, -0.1) is 10.2 Å². The van der Waals surface area contributed by atoms with Gasteiger partial charge in [-0.2, -0.15) is 0 Å². The van der Waals surface area contributed by atoms with Crippen LogP contribution in [-0.2, 0) is 4.79 Å². The van der Waals surface area contributed by atoms with Gasteiger partial charge in [-0.25, -0.2) is 0 Å². The third-order valence-corrected chi connectivity index (χ3v) is 4.12. The summed E-state index contributed by atoms with van der Waals surface area (Å²) in [6, 6.07) is 7.42. The van der Waals surface area contributed by atoms with E-state index in [0.717, 1.165) is 11.8 Å². The van der Waals surface area contributed by atoms with Gasteiger partial charge in [0.25, 0.3) is 10.9 Å². The topological polar surface area (TPSA) is 124 Å². The van der Waals surface area contributed by atoms with Gasteiger partial charge >= 0.3 is 0 Å². The van der Waals surface area contributed by atoms with Gasteiger partial charge in [-0.3, -0.25) is 19.9 Å². The molecule has 1 N–H and O–H groups in total. The van der Waals surface area contributed by atoms with Gasteiger partial charge in [0.2, 0.25) is 11.8 Å². The van der Waals surface area contributed by atoms with Crippen LogP contribution in [0.4, 0.5) is 11.4 Å². The number of aromatic nitrogens is 3. The smallest absolute Gasteiger partial charge is 0.292 e. The average Bonchev–Trinajstić information content (AvgIpc) is 3.09. The molecule has 0 aliphatic heterocycles. The highest BCUT2D eigenvalue weighted by Crippen LogP contribution is 2.28. The number of nitrogens with zero attached hydrogens (tertiary/aromatic N) is 4. The minimum Gasteiger partial charge on any atom is -0.411 e. The first-order valence-electron chi connectivity index (χ1n) is 7.13. The fourth-order valence-corrected chi connectivity index (χ4v) is 2.69. The Kier molecular flexibility index (Phi) is 5.44. The second-order valence-electron chi connectivity index (χ2n) is 4.87. The molecule has 0 radical (unpaired) electrons. The second-order valence-corrected chi connectivity index (χ2v) is 6.23. The molecule has 0 saturated carbocycles. The maximum absolute atomic E-state index is 12.1. The van der Waals surface area contributed by atoms with Crippen molar-refractivity contribution in [2.24, 2.45) is 0 Å². The summed E-state index contributed by atoms with van der Waals surface area (Å²) in [5, 5.41) is 21.6. The van der Waals surface area contributed by atoms with Crippen molar-refractivity contribution in [1.82, 2.24) is 15.2 Å². The minimum absolute atomic E-state index is 0.0229. The lowest BCUT2D eigenvalue weighted by Gasteiger charge is -2.05. The van der Waals surface area contributed by atoms with Gasteiger partial charge in [0.15, 0.2) is 0 Å². The van der Waals surface area contributed by atoms with Crippen LogP contribution in [0.1, 0.15) is 0 Å². The number of carbonyl (C=O) groups is 1. The molecular formula is C15H10ClN5O4S. The van der Waals surface area contributed by atoms with E-state index in [-0.39, 0.29) is 33.3 Å². The molecule has 0 saturated heterocycles. The van der Waals surface area contributed by atoms with Gasteiger partial charge in [-0.05, 0) is 24.3 Å². The largest absolute Gasteiger partial charge is 0.411 e. The van der Waals surface area contributed by atoms with E-state index in [2.05, 4.69) is 20.5 Å². The Balaban J connectivity index is 1.63. The van der Waals surface area contributed by atoms with E-state index in [4.69, 9.17) is 16.0 Å². The Bertz CT molecular complexity index is 950. The van der Waals surface area contributed by atoms with Crippen LogP contribution in [0, 0.1) is 10.1 Å². The molecular weight excluding hydrogens is 382 g/mol. The van der Waals surface area contributed by atoms with Gasteiger partial charge < -0.3 is 9.73 Å². The molecule has 9 nitrogen and oxygen atoms in total. The van der Waals surface area contributed by atoms with Crippen molar-refractivity contribution in [2.45, 2.75) is 5.22 Å². The van der Waals surface area contributed by atoms with Crippen molar-refractivity contribution >= 4 is 40.6 Å². The van der Waals surface area contributed by atoms with E-state index >= 15 is 0 Å². The third-order valence-electron chi connectivity index (χ3n) is 3.07. The quantitative estimate of drug-likeness (QED) is 0.385. The average molecular weight is 392 g/mol. The number of hydrogen-bond acceptors (Lipinski definition) is 8. The van der Waals surface area contributed by atoms with Crippen LogP contribution in [0.2, 0.25) is 5.02 Å². The Morgan fingerprint density at radius 3 is 2.92 bits per heavy atom. The maximum Gasteiger partial charge on any atom is 0.292 e. The standard InChI is InChI=1S/C15H10ClN5O4S/c16-10-3-4-12(21(23)24)11(6-10)18-13(22)8-26-15-20-19-14(25-15)9-2-1-5-17-7-9/h1-7H,8H2,(H,18,22). The van der Waals surface area contributed by atoms with E-state index < -0.39 is 10.8 Å². The van der Waals surface area contributed by atoms with Crippen LogP contribution >= 0.6 is 23.4 Å². The van der Waals surface area contributed by atoms with Crippen LogP contribution < -0.4 is 5.32 Å². The molecule has 2 aromatic heterocycles. The van der Waals surface area contributed by atoms with E-state index in [1.54, 1.807) is 24.5 Å². The van der Waals surface area contributed by atoms with E-state index in [9.17, 15) is 14.9 Å². The number of amides is 1. The number of hydrogen-bond donors (Lipinski definition) is 1. The second kappa shape index (κ2) is 7.93. The number of anilines is 1. The molecule has 1 aromatic carbocycles. The first kappa shape index (κ1) is 17.8. The molecule has 0 aliphatic rings. The van der Waals surface area contributed by atoms with Crippen LogP contribution in [0.15, 0.2) is 52.4 Å². The van der Waals surface area contributed by atoms with Crippen LogP contribution in [0.5, 0.6) is 0 Å². The van der Waals surface area contributed by atoms with Crippen LogP contribution in [0.3, 0.4) is 0 Å². The number of nitro benzene ring substituents is 1. The molecule has 0 unspecified atom stereocenters. The number of benzene rings is 1. The molecule has 1 amide bonds. The Hall–Kier alpha value is -2.98. The maximum atomic E-state index is 12.1. The van der Waals surface area contributed by atoms with E-state index in [1.165, 1.54) is 18.2 Å². The first-order chi connectivity index (χ1) is 12.5.